The first kappa shape index (κ1) is 14.8. The van der Waals surface area contributed by atoms with Crippen molar-refractivity contribution in [1.82, 2.24) is 9.78 Å². The van der Waals surface area contributed by atoms with Crippen molar-refractivity contribution in [2.45, 2.75) is 6.54 Å². The molecule has 0 amide bonds. The summed E-state index contributed by atoms with van der Waals surface area (Å²) in [5.74, 6) is -0.489. The van der Waals surface area contributed by atoms with E-state index in [1.54, 1.807) is 6.07 Å². The molecule has 0 atom stereocenters. The second-order valence-electron chi connectivity index (χ2n) is 3.42. The minimum Gasteiger partial charge on any atom is -0.358 e. The highest BCUT2D eigenvalue weighted by atomic mass is 79.9. The number of halogens is 3. The van der Waals surface area contributed by atoms with Crippen LogP contribution in [0.1, 0.15) is 10.4 Å². The van der Waals surface area contributed by atoms with Crippen LogP contribution in [0.4, 0.5) is 5.82 Å². The van der Waals surface area contributed by atoms with Crippen LogP contribution in [-0.2, 0) is 6.54 Å². The lowest BCUT2D eigenvalue weighted by Crippen LogP contribution is -2.10. The lowest BCUT2D eigenvalue weighted by atomic mass is 10.2. The van der Waals surface area contributed by atoms with Gasteiger partial charge in [0.25, 0.3) is 0 Å². The van der Waals surface area contributed by atoms with E-state index in [4.69, 9.17) is 0 Å². The smallest absolute Gasteiger partial charge is 0.358 e. The van der Waals surface area contributed by atoms with Crippen molar-refractivity contribution in [3.63, 3.8) is 0 Å². The standard InChI is InChI=1S/C9H4Br3N3O3S/c10-5-2-14(13-9(5)15(17)18)3-6(16)4-1-7(11)19-8(4)12/h1-2H,3H2. The number of aromatic nitrogens is 2. The van der Waals surface area contributed by atoms with Crippen molar-refractivity contribution >= 4 is 70.7 Å². The number of hydrogen-bond acceptors (Lipinski definition) is 5. The highest BCUT2D eigenvalue weighted by Gasteiger charge is 2.21. The van der Waals surface area contributed by atoms with Crippen LogP contribution in [0.2, 0.25) is 0 Å². The van der Waals surface area contributed by atoms with Crippen LogP contribution in [0, 0.1) is 10.1 Å². The van der Waals surface area contributed by atoms with Crippen molar-refractivity contribution in [2.24, 2.45) is 0 Å². The van der Waals surface area contributed by atoms with Gasteiger partial charge in [0.1, 0.15) is 11.0 Å². The monoisotopic (exact) mass is 471 g/mol. The number of nitro groups is 1. The van der Waals surface area contributed by atoms with Crippen LogP contribution >= 0.6 is 59.1 Å². The summed E-state index contributed by atoms with van der Waals surface area (Å²) in [5, 5.41) is 14.4. The van der Waals surface area contributed by atoms with Crippen LogP contribution in [-0.4, -0.2) is 20.5 Å². The minimum atomic E-state index is -0.609. The molecule has 2 aromatic rings. The Kier molecular flexibility index (Phi) is 4.54. The van der Waals surface area contributed by atoms with Crippen LogP contribution < -0.4 is 0 Å². The molecule has 0 aliphatic rings. The number of carbonyl (C=O) groups is 1. The molecule has 0 radical (unpaired) electrons. The number of carbonyl (C=O) groups excluding carboxylic acids is 1. The molecule has 0 spiro atoms. The Morgan fingerprint density at radius 2 is 2.16 bits per heavy atom. The molecule has 2 heterocycles. The van der Waals surface area contributed by atoms with Crippen molar-refractivity contribution < 1.29 is 9.72 Å². The molecule has 19 heavy (non-hydrogen) atoms. The first-order valence-corrected chi connectivity index (χ1v) is 7.93. The summed E-state index contributed by atoms with van der Waals surface area (Å²) >= 11 is 11.0. The predicted octanol–water partition coefficient (Wildman–Crippen LogP) is 4.02. The molecule has 0 aromatic carbocycles. The first-order chi connectivity index (χ1) is 8.88. The Hall–Kier alpha value is -0.580. The molecule has 0 bridgehead atoms. The third-order valence-corrected chi connectivity index (χ3v) is 5.03. The van der Waals surface area contributed by atoms with Crippen molar-refractivity contribution in [2.75, 3.05) is 0 Å². The van der Waals surface area contributed by atoms with Gasteiger partial charge in [-0.3, -0.25) is 4.79 Å². The van der Waals surface area contributed by atoms with Crippen LogP contribution in [0.5, 0.6) is 0 Å². The Morgan fingerprint density at radius 1 is 1.47 bits per heavy atom. The zero-order valence-corrected chi connectivity index (χ0v) is 14.5. The normalized spacial score (nSPS) is 10.7. The summed E-state index contributed by atoms with van der Waals surface area (Å²) in [6.07, 6.45) is 1.41. The third kappa shape index (κ3) is 3.30. The summed E-state index contributed by atoms with van der Waals surface area (Å²) in [4.78, 5) is 22.1. The van der Waals surface area contributed by atoms with Crippen molar-refractivity contribution in [3.8, 4) is 0 Å². The molecule has 100 valence electrons. The lowest BCUT2D eigenvalue weighted by Gasteiger charge is -1.96. The Balaban J connectivity index is 2.22. The van der Waals surface area contributed by atoms with E-state index < -0.39 is 4.92 Å². The van der Waals surface area contributed by atoms with E-state index in [2.05, 4.69) is 52.9 Å². The number of ketones is 1. The van der Waals surface area contributed by atoms with Gasteiger partial charge in [0, 0.05) is 5.56 Å². The maximum absolute atomic E-state index is 12.0. The van der Waals surface area contributed by atoms with E-state index in [1.807, 2.05) is 0 Å². The van der Waals surface area contributed by atoms with E-state index in [1.165, 1.54) is 22.2 Å². The molecule has 0 aliphatic carbocycles. The van der Waals surface area contributed by atoms with Gasteiger partial charge in [-0.2, -0.15) is 4.68 Å². The molecule has 0 saturated heterocycles. The zero-order chi connectivity index (χ0) is 14.2. The average Bonchev–Trinajstić information content (AvgIpc) is 2.81. The lowest BCUT2D eigenvalue weighted by molar-refractivity contribution is -0.390. The summed E-state index contributed by atoms with van der Waals surface area (Å²) in [7, 11) is 0. The molecule has 10 heteroatoms. The maximum atomic E-state index is 12.0. The molecule has 0 unspecified atom stereocenters. The van der Waals surface area contributed by atoms with Gasteiger partial charge in [-0.15, -0.1) is 11.3 Å². The van der Waals surface area contributed by atoms with Gasteiger partial charge in [0.05, 0.1) is 18.9 Å². The third-order valence-electron chi connectivity index (χ3n) is 2.13. The van der Waals surface area contributed by atoms with E-state index >= 15 is 0 Å². The second kappa shape index (κ2) is 5.81. The predicted molar refractivity (Wildman–Crippen MR) is 80.6 cm³/mol. The summed E-state index contributed by atoms with van der Waals surface area (Å²) in [5.41, 5.74) is 0.520. The molecule has 2 aromatic heterocycles. The van der Waals surface area contributed by atoms with Crippen LogP contribution in [0.3, 0.4) is 0 Å². The van der Waals surface area contributed by atoms with Gasteiger partial charge in [-0.05, 0) is 58.8 Å². The quantitative estimate of drug-likeness (QED) is 0.381. The summed E-state index contributed by atoms with van der Waals surface area (Å²) in [6.45, 7) is -0.0613. The zero-order valence-electron chi connectivity index (χ0n) is 8.97. The molecular weight excluding hydrogens is 470 g/mol. The number of thiophene rings is 1. The molecule has 0 fully saturated rings. The van der Waals surface area contributed by atoms with Crippen molar-refractivity contribution in [1.29, 1.82) is 0 Å². The van der Waals surface area contributed by atoms with Crippen molar-refractivity contribution in [3.05, 3.63) is 40.0 Å². The van der Waals surface area contributed by atoms with Gasteiger partial charge in [-0.1, -0.05) is 0 Å². The molecule has 0 aliphatic heterocycles. The molecule has 0 N–H and O–H groups in total. The number of hydrogen-bond donors (Lipinski definition) is 0. The molecular formula is C9H4Br3N3O3S. The largest absolute Gasteiger partial charge is 0.404 e. The molecule has 6 nitrogen and oxygen atoms in total. The van der Waals surface area contributed by atoms with Gasteiger partial charge < -0.3 is 10.1 Å². The minimum absolute atomic E-state index is 0.0613. The summed E-state index contributed by atoms with van der Waals surface area (Å²) < 4.78 is 3.03. The second-order valence-corrected chi connectivity index (χ2v) is 8.02. The number of nitrogens with zero attached hydrogens (tertiary/aromatic N) is 3. The Morgan fingerprint density at radius 3 is 2.63 bits per heavy atom. The SMILES string of the molecule is O=C(Cn1cc(Br)c([N+](=O)[O-])n1)c1cc(Br)sc1Br. The van der Waals surface area contributed by atoms with E-state index in [9.17, 15) is 14.9 Å². The van der Waals surface area contributed by atoms with E-state index in [-0.39, 0.29) is 22.6 Å². The summed E-state index contributed by atoms with van der Waals surface area (Å²) in [6, 6.07) is 1.70. The number of rotatable bonds is 4. The fourth-order valence-corrected chi connectivity index (χ4v) is 4.67. The van der Waals surface area contributed by atoms with E-state index in [0.29, 0.717) is 9.35 Å². The van der Waals surface area contributed by atoms with E-state index in [0.717, 1.165) is 3.79 Å². The van der Waals surface area contributed by atoms with Crippen LogP contribution in [0.25, 0.3) is 0 Å². The topological polar surface area (TPSA) is 78.0 Å². The van der Waals surface area contributed by atoms with Gasteiger partial charge >= 0.3 is 5.82 Å². The van der Waals surface area contributed by atoms with Gasteiger partial charge in [0.15, 0.2) is 5.78 Å². The Bertz CT molecular complexity index is 667. The first-order valence-electron chi connectivity index (χ1n) is 4.74. The number of Topliss-reactive ketones (excluding diaryl/α,β-unsaturated/α-hetero) is 1. The fraction of sp³-hybridized carbons (Fsp3) is 0.111. The molecule has 0 saturated carbocycles. The highest BCUT2D eigenvalue weighted by molar-refractivity contribution is 9.12. The van der Waals surface area contributed by atoms with Gasteiger partial charge in [-0.25, -0.2) is 0 Å². The molecule has 2 rings (SSSR count). The van der Waals surface area contributed by atoms with Crippen LogP contribution in [0.15, 0.2) is 24.3 Å². The maximum Gasteiger partial charge on any atom is 0.404 e. The highest BCUT2D eigenvalue weighted by Crippen LogP contribution is 2.32. The average molecular weight is 474 g/mol. The fourth-order valence-electron chi connectivity index (χ4n) is 1.35. The Labute approximate surface area is 136 Å². The van der Waals surface area contributed by atoms with Gasteiger partial charge in [0.2, 0.25) is 0 Å².